The van der Waals surface area contributed by atoms with Gasteiger partial charge in [0.1, 0.15) is 11.9 Å². The van der Waals surface area contributed by atoms with Gasteiger partial charge in [0.05, 0.1) is 17.0 Å². The number of hydrogen-bond donors (Lipinski definition) is 2. The molecule has 1 aromatic carbocycles. The third-order valence-electron chi connectivity index (χ3n) is 4.37. The second-order valence-electron chi connectivity index (χ2n) is 6.08. The largest absolute Gasteiger partial charge is 0.370 e. The van der Waals surface area contributed by atoms with Crippen LogP contribution in [0.15, 0.2) is 35.7 Å². The van der Waals surface area contributed by atoms with Gasteiger partial charge in [0.2, 0.25) is 5.91 Å². The van der Waals surface area contributed by atoms with Gasteiger partial charge in [-0.05, 0) is 49.4 Å². The summed E-state index contributed by atoms with van der Waals surface area (Å²) in [7, 11) is 0. The molecule has 3 heterocycles. The maximum absolute atomic E-state index is 12.4. The number of aromatic nitrogens is 2. The van der Waals surface area contributed by atoms with Gasteiger partial charge in [0.15, 0.2) is 0 Å². The van der Waals surface area contributed by atoms with Crippen LogP contribution in [-0.4, -0.2) is 22.5 Å². The van der Waals surface area contributed by atoms with Crippen molar-refractivity contribution in [2.24, 2.45) is 0 Å². The Balaban J connectivity index is 1.53. The van der Waals surface area contributed by atoms with Crippen LogP contribution in [0, 0.1) is 0 Å². The predicted octanol–water partition coefficient (Wildman–Crippen LogP) is 4.22. The van der Waals surface area contributed by atoms with Crippen LogP contribution in [-0.2, 0) is 9.53 Å². The van der Waals surface area contributed by atoms with Crippen molar-refractivity contribution in [1.29, 1.82) is 0 Å². The van der Waals surface area contributed by atoms with E-state index in [1.54, 1.807) is 11.3 Å². The van der Waals surface area contributed by atoms with E-state index in [1.165, 1.54) is 0 Å². The lowest BCUT2D eigenvalue weighted by atomic mass is 10.1. The first-order valence-corrected chi connectivity index (χ1v) is 9.04. The lowest BCUT2D eigenvalue weighted by molar-refractivity contribution is -0.117. The first kappa shape index (κ1) is 15.4. The van der Waals surface area contributed by atoms with E-state index < -0.39 is 0 Å². The van der Waals surface area contributed by atoms with Crippen molar-refractivity contribution in [1.82, 2.24) is 9.97 Å². The molecule has 3 aromatic rings. The second kappa shape index (κ2) is 6.37. The number of benzene rings is 1. The number of nitrogens with zero attached hydrogens (tertiary/aromatic N) is 1. The van der Waals surface area contributed by atoms with E-state index in [2.05, 4.69) is 15.3 Å². The van der Waals surface area contributed by atoms with E-state index >= 15 is 0 Å². The Morgan fingerprint density at radius 3 is 3.12 bits per heavy atom. The summed E-state index contributed by atoms with van der Waals surface area (Å²) in [5.41, 5.74) is 2.59. The Labute approximate surface area is 144 Å². The molecule has 6 heteroatoms. The van der Waals surface area contributed by atoms with Crippen molar-refractivity contribution >= 4 is 34.0 Å². The van der Waals surface area contributed by atoms with Crippen LogP contribution >= 0.6 is 11.3 Å². The molecule has 0 saturated carbocycles. The van der Waals surface area contributed by atoms with Crippen molar-refractivity contribution < 1.29 is 9.53 Å². The highest BCUT2D eigenvalue weighted by Crippen LogP contribution is 2.29. The van der Waals surface area contributed by atoms with Gasteiger partial charge < -0.3 is 15.0 Å². The summed E-state index contributed by atoms with van der Waals surface area (Å²) >= 11 is 1.60. The summed E-state index contributed by atoms with van der Waals surface area (Å²) in [4.78, 5) is 21.4. The number of amides is 1. The predicted molar refractivity (Wildman–Crippen MR) is 95.4 cm³/mol. The Morgan fingerprint density at radius 1 is 1.46 bits per heavy atom. The Kier molecular flexibility index (Phi) is 4.08. The highest BCUT2D eigenvalue weighted by Gasteiger charge is 2.21. The van der Waals surface area contributed by atoms with Crippen LogP contribution in [0.3, 0.4) is 0 Å². The SMILES string of the molecule is C[C@@H](C(=O)Nc1ccc2nc([C@H]3CCCO3)[nH]c2c1)c1cccs1. The Bertz CT molecular complexity index is 850. The topological polar surface area (TPSA) is 67.0 Å². The van der Waals surface area contributed by atoms with Crippen LogP contribution in [0.4, 0.5) is 5.69 Å². The number of anilines is 1. The summed E-state index contributed by atoms with van der Waals surface area (Å²) in [6.07, 6.45) is 2.14. The summed E-state index contributed by atoms with van der Waals surface area (Å²) < 4.78 is 5.67. The molecule has 0 unspecified atom stereocenters. The zero-order valence-corrected chi connectivity index (χ0v) is 14.2. The molecular weight excluding hydrogens is 322 g/mol. The van der Waals surface area contributed by atoms with Gasteiger partial charge in [-0.25, -0.2) is 4.98 Å². The number of carbonyl (C=O) groups is 1. The number of nitrogens with one attached hydrogen (secondary N) is 2. The second-order valence-corrected chi connectivity index (χ2v) is 7.06. The quantitative estimate of drug-likeness (QED) is 0.747. The van der Waals surface area contributed by atoms with Gasteiger partial charge >= 0.3 is 0 Å². The first-order valence-electron chi connectivity index (χ1n) is 8.16. The van der Waals surface area contributed by atoms with Crippen molar-refractivity contribution in [3.8, 4) is 0 Å². The highest BCUT2D eigenvalue weighted by molar-refractivity contribution is 7.10. The number of hydrogen-bond acceptors (Lipinski definition) is 4. The molecule has 4 rings (SSSR count). The number of aromatic amines is 1. The van der Waals surface area contributed by atoms with Crippen molar-refractivity contribution in [2.75, 3.05) is 11.9 Å². The van der Waals surface area contributed by atoms with E-state index in [0.717, 1.165) is 46.9 Å². The summed E-state index contributed by atoms with van der Waals surface area (Å²) in [6, 6.07) is 9.70. The van der Waals surface area contributed by atoms with Crippen molar-refractivity contribution in [3.63, 3.8) is 0 Å². The monoisotopic (exact) mass is 341 g/mol. The number of thiophene rings is 1. The molecule has 0 bridgehead atoms. The van der Waals surface area contributed by atoms with Crippen molar-refractivity contribution in [2.45, 2.75) is 31.8 Å². The van der Waals surface area contributed by atoms with Crippen molar-refractivity contribution in [3.05, 3.63) is 46.4 Å². The van der Waals surface area contributed by atoms with E-state index in [-0.39, 0.29) is 17.9 Å². The summed E-state index contributed by atoms with van der Waals surface area (Å²) in [5, 5.41) is 4.98. The number of ether oxygens (including phenoxy) is 1. The maximum Gasteiger partial charge on any atom is 0.232 e. The molecule has 0 spiro atoms. The highest BCUT2D eigenvalue weighted by atomic mass is 32.1. The molecule has 0 aliphatic carbocycles. The van der Waals surface area contributed by atoms with Crippen LogP contribution in [0.2, 0.25) is 0 Å². The van der Waals surface area contributed by atoms with E-state index in [0.29, 0.717) is 0 Å². The van der Waals surface area contributed by atoms with Gasteiger partial charge in [-0.3, -0.25) is 4.79 Å². The van der Waals surface area contributed by atoms with Crippen LogP contribution in [0.1, 0.15) is 42.5 Å². The molecule has 5 nitrogen and oxygen atoms in total. The number of fused-ring (bicyclic) bond motifs is 1. The number of imidazole rings is 1. The van der Waals surface area contributed by atoms with Gasteiger partial charge in [0, 0.05) is 17.2 Å². The first-order chi connectivity index (χ1) is 11.7. The van der Waals surface area contributed by atoms with Crippen LogP contribution in [0.25, 0.3) is 11.0 Å². The molecule has 1 amide bonds. The van der Waals surface area contributed by atoms with E-state index in [9.17, 15) is 4.79 Å². The number of rotatable bonds is 4. The minimum atomic E-state index is -0.162. The lowest BCUT2D eigenvalue weighted by Crippen LogP contribution is -2.18. The zero-order chi connectivity index (χ0) is 16.5. The molecule has 1 aliphatic rings. The average Bonchev–Trinajstić information content (AvgIpc) is 3.32. The normalized spacial score (nSPS) is 18.8. The Hall–Kier alpha value is -2.18. The summed E-state index contributed by atoms with van der Waals surface area (Å²) in [6.45, 7) is 2.72. The molecule has 24 heavy (non-hydrogen) atoms. The minimum absolute atomic E-state index is 0.00401. The summed E-state index contributed by atoms with van der Waals surface area (Å²) in [5.74, 6) is 0.707. The van der Waals surface area contributed by atoms with Gasteiger partial charge in [-0.2, -0.15) is 0 Å². The van der Waals surface area contributed by atoms with Gasteiger partial charge in [-0.1, -0.05) is 6.07 Å². The smallest absolute Gasteiger partial charge is 0.232 e. The molecule has 1 fully saturated rings. The molecule has 1 aliphatic heterocycles. The minimum Gasteiger partial charge on any atom is -0.370 e. The average molecular weight is 341 g/mol. The van der Waals surface area contributed by atoms with Gasteiger partial charge in [0.25, 0.3) is 0 Å². The lowest BCUT2D eigenvalue weighted by Gasteiger charge is -2.10. The van der Waals surface area contributed by atoms with Crippen LogP contribution < -0.4 is 5.32 Å². The molecular formula is C18H19N3O2S. The molecule has 2 N–H and O–H groups in total. The molecule has 124 valence electrons. The third-order valence-corrected chi connectivity index (χ3v) is 5.42. The Morgan fingerprint density at radius 2 is 2.38 bits per heavy atom. The number of carbonyl (C=O) groups excluding carboxylic acids is 1. The maximum atomic E-state index is 12.4. The fourth-order valence-corrected chi connectivity index (χ4v) is 3.75. The fourth-order valence-electron chi connectivity index (χ4n) is 2.97. The van der Waals surface area contributed by atoms with E-state index in [4.69, 9.17) is 4.74 Å². The molecule has 2 aromatic heterocycles. The molecule has 1 saturated heterocycles. The van der Waals surface area contributed by atoms with E-state index in [1.807, 2.05) is 42.6 Å². The standard InChI is InChI=1S/C18H19N3O2S/c1-11(16-5-3-9-24-16)18(22)19-12-6-7-13-14(10-12)21-17(20-13)15-4-2-8-23-15/h3,5-7,9-11,15H,2,4,8H2,1H3,(H,19,22)(H,20,21)/t11-,15-/m1/s1. The molecule has 2 atom stereocenters. The van der Waals surface area contributed by atoms with Crippen LogP contribution in [0.5, 0.6) is 0 Å². The fraction of sp³-hybridized carbons (Fsp3) is 0.333. The number of H-pyrrole nitrogens is 1. The van der Waals surface area contributed by atoms with Gasteiger partial charge in [-0.15, -0.1) is 11.3 Å². The molecule has 0 radical (unpaired) electrons. The zero-order valence-electron chi connectivity index (χ0n) is 13.4. The third kappa shape index (κ3) is 2.95.